The Bertz CT molecular complexity index is 1170. The highest BCUT2D eigenvalue weighted by Crippen LogP contribution is 2.35. The van der Waals surface area contributed by atoms with Crippen LogP contribution in [-0.4, -0.2) is 42.0 Å². The van der Waals surface area contributed by atoms with Crippen molar-refractivity contribution in [1.82, 2.24) is 9.88 Å². The van der Waals surface area contributed by atoms with Crippen molar-refractivity contribution in [2.45, 2.75) is 12.7 Å². The van der Waals surface area contributed by atoms with Crippen LogP contribution in [0.5, 0.6) is 0 Å². The summed E-state index contributed by atoms with van der Waals surface area (Å²) < 4.78 is 53.3. The smallest absolute Gasteiger partial charge is 0.368 e. The van der Waals surface area contributed by atoms with Crippen LogP contribution in [-0.2, 0) is 12.7 Å². The first-order chi connectivity index (χ1) is 15.9. The van der Waals surface area contributed by atoms with Crippen molar-refractivity contribution in [3.8, 4) is 0 Å². The average molecular weight is 455 g/mol. The second-order valence-corrected chi connectivity index (χ2v) is 8.00. The summed E-state index contributed by atoms with van der Waals surface area (Å²) in [5.41, 5.74) is 2.29. The molecule has 0 radical (unpaired) electrons. The number of guanidine groups is 1. The number of aromatic nitrogens is 1. The van der Waals surface area contributed by atoms with E-state index in [1.807, 2.05) is 11.0 Å². The normalized spacial score (nSPS) is 16.5. The van der Waals surface area contributed by atoms with Gasteiger partial charge in [-0.2, -0.15) is 13.2 Å². The van der Waals surface area contributed by atoms with Crippen LogP contribution in [0.3, 0.4) is 0 Å². The van der Waals surface area contributed by atoms with Gasteiger partial charge in [0.25, 0.3) is 0 Å². The molecule has 2 aromatic carbocycles. The molecule has 170 valence electrons. The van der Waals surface area contributed by atoms with Crippen LogP contribution in [0.25, 0.3) is 0 Å². The van der Waals surface area contributed by atoms with Gasteiger partial charge in [-0.3, -0.25) is 4.98 Å². The Morgan fingerprint density at radius 2 is 1.55 bits per heavy atom. The van der Waals surface area contributed by atoms with Gasteiger partial charge in [-0.25, -0.2) is 9.38 Å². The van der Waals surface area contributed by atoms with Gasteiger partial charge in [-0.1, -0.05) is 6.07 Å². The van der Waals surface area contributed by atoms with Gasteiger partial charge in [0.15, 0.2) is 0 Å². The van der Waals surface area contributed by atoms with Crippen LogP contribution >= 0.6 is 0 Å². The minimum atomic E-state index is -4.43. The molecule has 9 heteroatoms. The molecule has 2 aliphatic heterocycles. The summed E-state index contributed by atoms with van der Waals surface area (Å²) in [7, 11) is 0. The van der Waals surface area contributed by atoms with E-state index in [0.29, 0.717) is 44.4 Å². The number of hydrogen-bond donors (Lipinski definition) is 0. The maximum Gasteiger partial charge on any atom is 0.416 e. The Morgan fingerprint density at radius 3 is 2.27 bits per heavy atom. The van der Waals surface area contributed by atoms with Gasteiger partial charge in [-0.15, -0.1) is 0 Å². The van der Waals surface area contributed by atoms with Crippen molar-refractivity contribution in [3.05, 3.63) is 83.9 Å². The topological polar surface area (TPSA) is 35.0 Å². The van der Waals surface area contributed by atoms with Gasteiger partial charge in [0.2, 0.25) is 5.96 Å². The summed E-state index contributed by atoms with van der Waals surface area (Å²) in [6.45, 7) is 3.01. The van der Waals surface area contributed by atoms with E-state index in [1.165, 1.54) is 18.2 Å². The van der Waals surface area contributed by atoms with Crippen LogP contribution in [0, 0.1) is 5.82 Å². The Kier molecular flexibility index (Phi) is 5.39. The molecule has 5 nitrogen and oxygen atoms in total. The van der Waals surface area contributed by atoms with Crippen LogP contribution < -0.4 is 9.80 Å². The molecule has 0 saturated carbocycles. The van der Waals surface area contributed by atoms with E-state index in [2.05, 4.69) is 14.8 Å². The fourth-order valence-electron chi connectivity index (χ4n) is 4.17. The van der Waals surface area contributed by atoms with Crippen molar-refractivity contribution in [3.63, 3.8) is 0 Å². The van der Waals surface area contributed by atoms with Crippen molar-refractivity contribution in [2.24, 2.45) is 4.99 Å². The molecule has 3 aromatic rings. The zero-order valence-electron chi connectivity index (χ0n) is 17.6. The summed E-state index contributed by atoms with van der Waals surface area (Å²) in [4.78, 5) is 15.0. The molecule has 2 aliphatic rings. The van der Waals surface area contributed by atoms with E-state index in [-0.39, 0.29) is 5.82 Å². The lowest BCUT2D eigenvalue weighted by molar-refractivity contribution is -0.137. The number of aliphatic imine (C=N–C) groups is 1. The molecule has 5 rings (SSSR count). The van der Waals surface area contributed by atoms with Gasteiger partial charge < -0.3 is 14.7 Å². The number of rotatable bonds is 2. The number of anilines is 2. The maximum absolute atomic E-state index is 13.4. The van der Waals surface area contributed by atoms with Crippen molar-refractivity contribution in [2.75, 3.05) is 36.0 Å². The number of pyridine rings is 1. The molecule has 0 atom stereocenters. The predicted molar refractivity (Wildman–Crippen MR) is 119 cm³/mol. The highest BCUT2D eigenvalue weighted by molar-refractivity contribution is 5.99. The number of hydrogen-bond acceptors (Lipinski definition) is 5. The van der Waals surface area contributed by atoms with Gasteiger partial charge in [-0.05, 0) is 48.5 Å². The Morgan fingerprint density at radius 1 is 0.818 bits per heavy atom. The predicted octanol–water partition coefficient (Wildman–Crippen LogP) is 5.07. The summed E-state index contributed by atoms with van der Waals surface area (Å²) in [5, 5.41) is 0. The van der Waals surface area contributed by atoms with Crippen LogP contribution in [0.1, 0.15) is 11.1 Å². The summed E-state index contributed by atoms with van der Waals surface area (Å²) in [5.74, 6) is 0.339. The molecule has 1 aromatic heterocycles. The van der Waals surface area contributed by atoms with E-state index in [9.17, 15) is 17.6 Å². The molecule has 1 saturated heterocycles. The molecule has 0 bridgehead atoms. The Labute approximate surface area is 188 Å². The van der Waals surface area contributed by atoms with Crippen molar-refractivity contribution < 1.29 is 17.6 Å². The largest absolute Gasteiger partial charge is 0.416 e. The third-order valence-corrected chi connectivity index (χ3v) is 5.91. The lowest BCUT2D eigenvalue weighted by Gasteiger charge is -2.42. The first-order valence-corrected chi connectivity index (χ1v) is 10.6. The van der Waals surface area contributed by atoms with Gasteiger partial charge in [0.1, 0.15) is 5.82 Å². The fourth-order valence-corrected chi connectivity index (χ4v) is 4.17. The lowest BCUT2D eigenvalue weighted by atomic mass is 10.1. The molecular weight excluding hydrogens is 434 g/mol. The molecule has 0 amide bonds. The van der Waals surface area contributed by atoms with Crippen LogP contribution in [0.15, 0.2) is 72.0 Å². The Hall–Kier alpha value is -3.62. The zero-order chi connectivity index (χ0) is 23.0. The second kappa shape index (κ2) is 8.38. The summed E-state index contributed by atoms with van der Waals surface area (Å²) >= 11 is 0. The number of benzene rings is 2. The number of piperazine rings is 1. The standard InChI is InChI=1S/C24H21F4N5/c25-19-4-6-20(7-5-19)31-10-12-32(13-11-31)23-30-22-8-9-29-15-17(22)16-33(23)21-3-1-2-18(14-21)24(26,27)28/h1-9,14-15H,10-13,16H2. The second-order valence-electron chi connectivity index (χ2n) is 8.00. The SMILES string of the molecule is Fc1ccc(N2CCN(C3=Nc4ccncc4CN3c3cccc(C(F)(F)F)c3)CC2)cc1. The van der Waals surface area contributed by atoms with Gasteiger partial charge in [0.05, 0.1) is 17.8 Å². The number of nitrogens with zero attached hydrogens (tertiary/aromatic N) is 5. The Balaban J connectivity index is 1.44. The fraction of sp³-hybridized carbons (Fsp3) is 0.250. The van der Waals surface area contributed by atoms with Crippen molar-refractivity contribution >= 4 is 23.0 Å². The van der Waals surface area contributed by atoms with Crippen LogP contribution in [0.2, 0.25) is 0 Å². The first kappa shape index (κ1) is 21.2. The molecule has 3 heterocycles. The lowest BCUT2D eigenvalue weighted by Crippen LogP contribution is -2.54. The van der Waals surface area contributed by atoms with E-state index in [0.717, 1.165) is 29.1 Å². The third-order valence-electron chi connectivity index (χ3n) is 5.91. The highest BCUT2D eigenvalue weighted by atomic mass is 19.4. The van der Waals surface area contributed by atoms with E-state index >= 15 is 0 Å². The monoisotopic (exact) mass is 455 g/mol. The highest BCUT2D eigenvalue weighted by Gasteiger charge is 2.33. The molecule has 0 unspecified atom stereocenters. The van der Waals surface area contributed by atoms with Gasteiger partial charge >= 0.3 is 6.18 Å². The van der Waals surface area contributed by atoms with E-state index in [4.69, 9.17) is 4.99 Å². The number of alkyl halides is 3. The maximum atomic E-state index is 13.4. The third kappa shape index (κ3) is 4.35. The molecular formula is C24H21F4N5. The van der Waals surface area contributed by atoms with Crippen molar-refractivity contribution in [1.29, 1.82) is 0 Å². The minimum Gasteiger partial charge on any atom is -0.368 e. The molecule has 0 aliphatic carbocycles. The first-order valence-electron chi connectivity index (χ1n) is 10.6. The summed E-state index contributed by atoms with van der Waals surface area (Å²) in [6, 6.07) is 13.5. The average Bonchev–Trinajstić information content (AvgIpc) is 2.83. The summed E-state index contributed by atoms with van der Waals surface area (Å²) in [6.07, 6.45) is -1.07. The molecule has 33 heavy (non-hydrogen) atoms. The number of halogens is 4. The number of fused-ring (bicyclic) bond motifs is 1. The minimum absolute atomic E-state index is 0.279. The quantitative estimate of drug-likeness (QED) is 0.506. The molecule has 0 N–H and O–H groups in total. The van der Waals surface area contributed by atoms with Gasteiger partial charge in [0, 0.05) is 55.5 Å². The zero-order valence-corrected chi connectivity index (χ0v) is 17.6. The molecule has 0 spiro atoms. The van der Waals surface area contributed by atoms with E-state index in [1.54, 1.807) is 30.6 Å². The van der Waals surface area contributed by atoms with Crippen LogP contribution in [0.4, 0.5) is 34.6 Å². The molecule has 1 fully saturated rings. The van der Waals surface area contributed by atoms with E-state index < -0.39 is 11.7 Å².